The van der Waals surface area contributed by atoms with Gasteiger partial charge in [-0.1, -0.05) is 12.5 Å². The molecule has 0 saturated carbocycles. The van der Waals surface area contributed by atoms with Crippen LogP contribution in [-0.2, 0) is 0 Å². The summed E-state index contributed by atoms with van der Waals surface area (Å²) < 4.78 is 90.9. The van der Waals surface area contributed by atoms with Crippen LogP contribution in [-0.4, -0.2) is 47.5 Å². The van der Waals surface area contributed by atoms with Crippen LogP contribution in [0.5, 0.6) is 5.75 Å². The maximum Gasteiger partial charge on any atom is 0.434 e. The normalized spacial score (nSPS) is 18.3. The van der Waals surface area contributed by atoms with E-state index in [-0.39, 0.29) is 24.0 Å². The lowest BCUT2D eigenvalue weighted by Crippen LogP contribution is -2.77. The topological polar surface area (TPSA) is 54.5 Å². The summed E-state index contributed by atoms with van der Waals surface area (Å²) in [5.74, 6) is -1.20. The van der Waals surface area contributed by atoms with Gasteiger partial charge in [0.1, 0.15) is 5.75 Å². The van der Waals surface area contributed by atoms with Gasteiger partial charge in [0.15, 0.2) is 0 Å². The summed E-state index contributed by atoms with van der Waals surface area (Å²) >= 11 is 0. The first-order valence-corrected chi connectivity index (χ1v) is 9.78. The maximum atomic E-state index is 14.3. The largest absolute Gasteiger partial charge is 0.497 e. The number of carbonyl (C=O) groups is 1. The quantitative estimate of drug-likeness (QED) is 0.646. The van der Waals surface area contributed by atoms with Crippen LogP contribution in [0.2, 0.25) is 0 Å². The molecule has 0 bridgehead atoms. The number of likely N-dealkylation sites (tertiary alicyclic amines) is 1. The van der Waals surface area contributed by atoms with E-state index in [9.17, 15) is 31.1 Å². The van der Waals surface area contributed by atoms with E-state index >= 15 is 0 Å². The van der Waals surface area contributed by atoms with E-state index in [2.05, 4.69) is 4.98 Å². The standard InChI is InChI=1S/C21H21F6N3O2/c1-32-16-9-7-14(8-10-16)18(31)29-19(20(22,23)24,21(25,26)27)30-12-3-2-6-17(30)15-5-4-11-28-13-15/h4-5,7-11,13,17H,2-3,6,12H2,1H3,(H,29,31)/t17-/m0/s1. The molecular formula is C21H21F6N3O2. The number of pyridine rings is 1. The van der Waals surface area contributed by atoms with Crippen LogP contribution in [0, 0.1) is 0 Å². The minimum absolute atomic E-state index is 0.0536. The Labute approximate surface area is 180 Å². The van der Waals surface area contributed by atoms with Crippen molar-refractivity contribution in [2.75, 3.05) is 13.7 Å². The summed E-state index contributed by atoms with van der Waals surface area (Å²) in [6.07, 6.45) is -8.49. The molecule has 1 aromatic carbocycles. The first kappa shape index (κ1) is 23.8. The van der Waals surface area contributed by atoms with Crippen LogP contribution < -0.4 is 10.1 Å². The highest BCUT2D eigenvalue weighted by Crippen LogP contribution is 2.50. The van der Waals surface area contributed by atoms with Crippen LogP contribution in [0.15, 0.2) is 48.8 Å². The fraction of sp³-hybridized carbons (Fsp3) is 0.429. The Bertz CT molecular complexity index is 902. The number of hydrogen-bond donors (Lipinski definition) is 1. The van der Waals surface area contributed by atoms with E-state index in [1.165, 1.54) is 49.1 Å². The molecule has 174 valence electrons. The summed E-state index contributed by atoms with van der Waals surface area (Å²) in [5, 5.41) is 1.31. The second-order valence-electron chi connectivity index (χ2n) is 7.38. The summed E-state index contributed by atoms with van der Waals surface area (Å²) in [5.41, 5.74) is -4.74. The molecule has 0 spiro atoms. The van der Waals surface area contributed by atoms with Crippen molar-refractivity contribution in [1.82, 2.24) is 15.2 Å². The molecule has 3 rings (SSSR count). The highest BCUT2D eigenvalue weighted by atomic mass is 19.4. The average Bonchev–Trinajstić information content (AvgIpc) is 2.76. The fourth-order valence-electron chi connectivity index (χ4n) is 3.93. The van der Waals surface area contributed by atoms with Crippen molar-refractivity contribution in [2.45, 2.75) is 43.3 Å². The number of alkyl halides is 6. The molecule has 1 aliphatic heterocycles. The van der Waals surface area contributed by atoms with Crippen molar-refractivity contribution in [3.8, 4) is 5.75 Å². The van der Waals surface area contributed by atoms with Crippen LogP contribution in [0.1, 0.15) is 41.2 Å². The summed E-state index contributed by atoms with van der Waals surface area (Å²) in [6, 6.07) is 6.38. The third-order valence-electron chi connectivity index (χ3n) is 5.47. The maximum absolute atomic E-state index is 14.3. The van der Waals surface area contributed by atoms with Crippen molar-refractivity contribution in [2.24, 2.45) is 0 Å². The van der Waals surface area contributed by atoms with E-state index in [0.29, 0.717) is 17.1 Å². The van der Waals surface area contributed by atoms with E-state index in [1.54, 1.807) is 0 Å². The molecule has 2 heterocycles. The van der Waals surface area contributed by atoms with Gasteiger partial charge in [-0.2, -0.15) is 26.3 Å². The van der Waals surface area contributed by atoms with Crippen molar-refractivity contribution >= 4 is 5.91 Å². The van der Waals surface area contributed by atoms with Crippen LogP contribution >= 0.6 is 0 Å². The number of halogens is 6. The number of benzene rings is 1. The molecule has 0 aliphatic carbocycles. The van der Waals surface area contributed by atoms with Gasteiger partial charge >= 0.3 is 12.4 Å². The molecule has 1 N–H and O–H groups in total. The number of ether oxygens (including phenoxy) is 1. The SMILES string of the molecule is COc1ccc(C(=O)NC(N2CCCC[C@H]2c2cccnc2)(C(F)(F)F)C(F)(F)F)cc1. The molecule has 1 fully saturated rings. The highest BCUT2D eigenvalue weighted by Gasteiger charge is 2.76. The zero-order valence-electron chi connectivity index (χ0n) is 17.0. The van der Waals surface area contributed by atoms with Crippen molar-refractivity contribution in [3.63, 3.8) is 0 Å². The molecule has 0 unspecified atom stereocenters. The van der Waals surface area contributed by atoms with Gasteiger partial charge in [-0.15, -0.1) is 0 Å². The van der Waals surface area contributed by atoms with Gasteiger partial charge in [0.25, 0.3) is 11.6 Å². The number of hydrogen-bond acceptors (Lipinski definition) is 4. The first-order chi connectivity index (χ1) is 15.0. The predicted molar refractivity (Wildman–Crippen MR) is 103 cm³/mol. The number of nitrogens with zero attached hydrogens (tertiary/aromatic N) is 2. The van der Waals surface area contributed by atoms with E-state index < -0.39 is 36.5 Å². The third-order valence-corrected chi connectivity index (χ3v) is 5.47. The third kappa shape index (κ3) is 4.38. The molecule has 1 aromatic heterocycles. The van der Waals surface area contributed by atoms with Gasteiger partial charge in [0, 0.05) is 30.5 Å². The Morgan fingerprint density at radius 3 is 2.25 bits per heavy atom. The average molecular weight is 461 g/mol. The van der Waals surface area contributed by atoms with Gasteiger partial charge in [-0.3, -0.25) is 14.7 Å². The van der Waals surface area contributed by atoms with Gasteiger partial charge in [0.05, 0.1) is 7.11 Å². The minimum Gasteiger partial charge on any atom is -0.497 e. The molecule has 1 saturated heterocycles. The lowest BCUT2D eigenvalue weighted by atomic mass is 9.91. The van der Waals surface area contributed by atoms with Crippen LogP contribution in [0.4, 0.5) is 26.3 Å². The number of nitrogens with one attached hydrogen (secondary N) is 1. The number of carbonyl (C=O) groups excluding carboxylic acids is 1. The Morgan fingerprint density at radius 1 is 1.06 bits per heavy atom. The zero-order valence-corrected chi connectivity index (χ0v) is 17.0. The van der Waals surface area contributed by atoms with Gasteiger partial charge < -0.3 is 10.1 Å². The lowest BCUT2D eigenvalue weighted by molar-refractivity contribution is -0.356. The molecule has 5 nitrogen and oxygen atoms in total. The number of piperidine rings is 1. The van der Waals surface area contributed by atoms with Crippen LogP contribution in [0.3, 0.4) is 0 Å². The molecule has 1 aliphatic rings. The van der Waals surface area contributed by atoms with Gasteiger partial charge in [-0.05, 0) is 48.7 Å². The second-order valence-corrected chi connectivity index (χ2v) is 7.38. The van der Waals surface area contributed by atoms with E-state index in [0.717, 1.165) is 12.1 Å². The predicted octanol–water partition coefficient (Wildman–Crippen LogP) is 4.87. The smallest absolute Gasteiger partial charge is 0.434 e. The monoisotopic (exact) mass is 461 g/mol. The molecular weight excluding hydrogens is 440 g/mol. The first-order valence-electron chi connectivity index (χ1n) is 9.78. The lowest BCUT2D eigenvalue weighted by Gasteiger charge is -2.50. The minimum atomic E-state index is -5.86. The van der Waals surface area contributed by atoms with Gasteiger partial charge in [0.2, 0.25) is 0 Å². The number of aromatic nitrogens is 1. The Hall–Kier alpha value is -2.82. The highest BCUT2D eigenvalue weighted by molar-refractivity contribution is 5.95. The Kier molecular flexibility index (Phi) is 6.68. The summed E-state index contributed by atoms with van der Waals surface area (Å²) in [4.78, 5) is 16.8. The fourth-order valence-corrected chi connectivity index (χ4v) is 3.93. The van der Waals surface area contributed by atoms with E-state index in [1.807, 2.05) is 0 Å². The molecule has 32 heavy (non-hydrogen) atoms. The molecule has 11 heteroatoms. The Balaban J connectivity index is 2.10. The Morgan fingerprint density at radius 2 is 1.72 bits per heavy atom. The van der Waals surface area contributed by atoms with E-state index in [4.69, 9.17) is 4.74 Å². The molecule has 1 atom stereocenters. The van der Waals surface area contributed by atoms with Gasteiger partial charge in [-0.25, -0.2) is 0 Å². The molecule has 0 radical (unpaired) electrons. The second kappa shape index (κ2) is 8.97. The number of methoxy groups -OCH3 is 1. The summed E-state index contributed by atoms with van der Waals surface area (Å²) in [7, 11) is 1.34. The number of amides is 1. The van der Waals surface area contributed by atoms with Crippen LogP contribution in [0.25, 0.3) is 0 Å². The number of rotatable bonds is 5. The molecule has 1 amide bonds. The zero-order chi connectivity index (χ0) is 23.6. The molecule has 2 aromatic rings. The summed E-state index contributed by atoms with van der Waals surface area (Å²) in [6.45, 7) is -0.512. The van der Waals surface area contributed by atoms with Crippen molar-refractivity contribution < 1.29 is 35.9 Å². The van der Waals surface area contributed by atoms with Crippen molar-refractivity contribution in [3.05, 3.63) is 59.9 Å². The van der Waals surface area contributed by atoms with Crippen molar-refractivity contribution in [1.29, 1.82) is 0 Å².